The normalized spacial score (nSPS) is 21.8. The van der Waals surface area contributed by atoms with Crippen LogP contribution in [0.5, 0.6) is 0 Å². The molecule has 3 nitrogen and oxygen atoms in total. The van der Waals surface area contributed by atoms with Gasteiger partial charge >= 0.3 is 0 Å². The van der Waals surface area contributed by atoms with E-state index in [9.17, 15) is 0 Å². The van der Waals surface area contributed by atoms with Crippen molar-refractivity contribution in [3.8, 4) is 0 Å². The average Bonchev–Trinajstić information content (AvgIpc) is 2.31. The Bertz CT molecular complexity index is 188. The van der Waals surface area contributed by atoms with Gasteiger partial charge in [-0.1, -0.05) is 13.3 Å². The van der Waals surface area contributed by atoms with E-state index in [2.05, 4.69) is 18.3 Å². The third kappa shape index (κ3) is 5.52. The van der Waals surface area contributed by atoms with Gasteiger partial charge in [-0.3, -0.25) is 0 Å². The Labute approximate surface area is 98.9 Å². The maximum atomic E-state index is 8.95. The Kier molecular flexibility index (Phi) is 7.26. The van der Waals surface area contributed by atoms with E-state index in [1.54, 1.807) is 0 Å². The van der Waals surface area contributed by atoms with Crippen LogP contribution in [0.25, 0.3) is 0 Å². The fraction of sp³-hybridized carbons (Fsp3) is 0.846. The molecule has 2 unspecified atom stereocenters. The number of rotatable bonds is 8. The Morgan fingerprint density at radius 1 is 1.50 bits per heavy atom. The summed E-state index contributed by atoms with van der Waals surface area (Å²) < 4.78 is 5.49. The molecule has 0 aromatic rings. The number of aliphatic hydroxyl groups is 1. The summed E-state index contributed by atoms with van der Waals surface area (Å²) in [4.78, 5) is 0. The van der Waals surface area contributed by atoms with Crippen molar-refractivity contribution in [2.24, 2.45) is 5.92 Å². The van der Waals surface area contributed by atoms with E-state index in [1.807, 2.05) is 6.26 Å². The predicted molar refractivity (Wildman–Crippen MR) is 66.2 cm³/mol. The molecule has 0 aromatic carbocycles. The second-order valence-electron chi connectivity index (χ2n) is 4.53. The molecule has 2 N–H and O–H groups in total. The highest BCUT2D eigenvalue weighted by Crippen LogP contribution is 2.11. The van der Waals surface area contributed by atoms with E-state index in [0.29, 0.717) is 18.6 Å². The minimum Gasteiger partial charge on any atom is -0.497 e. The second-order valence-corrected chi connectivity index (χ2v) is 4.53. The first-order valence-electron chi connectivity index (χ1n) is 6.48. The van der Waals surface area contributed by atoms with Crippen LogP contribution in [0.1, 0.15) is 39.0 Å². The minimum atomic E-state index is 0.301. The van der Waals surface area contributed by atoms with Crippen LogP contribution in [0, 0.1) is 5.92 Å². The highest BCUT2D eigenvalue weighted by molar-refractivity contribution is 4.83. The van der Waals surface area contributed by atoms with Gasteiger partial charge in [-0.15, -0.1) is 0 Å². The van der Waals surface area contributed by atoms with Gasteiger partial charge in [0.2, 0.25) is 0 Å². The molecule has 0 amide bonds. The summed E-state index contributed by atoms with van der Waals surface area (Å²) in [5, 5.41) is 12.4. The van der Waals surface area contributed by atoms with Crippen LogP contribution in [-0.4, -0.2) is 30.9 Å². The summed E-state index contributed by atoms with van der Waals surface area (Å²) in [7, 11) is 0. The number of aliphatic hydroxyl groups excluding tert-OH is 1. The standard InChI is InChI=1S/C13H25NO2/c1-2-5-12(7-8-15)10-14-11-13-6-3-4-9-16-13/h4,9,12-15H,2-3,5-8,10-11H2,1H3. The largest absolute Gasteiger partial charge is 0.497 e. The zero-order valence-electron chi connectivity index (χ0n) is 10.3. The predicted octanol–water partition coefficient (Wildman–Crippen LogP) is 2.07. The number of hydrogen-bond donors (Lipinski definition) is 2. The lowest BCUT2D eigenvalue weighted by molar-refractivity contribution is 0.120. The van der Waals surface area contributed by atoms with E-state index in [4.69, 9.17) is 9.84 Å². The zero-order valence-corrected chi connectivity index (χ0v) is 10.3. The molecule has 0 radical (unpaired) electrons. The minimum absolute atomic E-state index is 0.301. The Morgan fingerprint density at radius 3 is 3.00 bits per heavy atom. The van der Waals surface area contributed by atoms with Crippen molar-refractivity contribution in [2.75, 3.05) is 19.7 Å². The van der Waals surface area contributed by atoms with Gasteiger partial charge in [-0.2, -0.15) is 0 Å². The van der Waals surface area contributed by atoms with E-state index >= 15 is 0 Å². The van der Waals surface area contributed by atoms with Crippen molar-refractivity contribution in [1.29, 1.82) is 0 Å². The van der Waals surface area contributed by atoms with Crippen LogP contribution in [-0.2, 0) is 4.74 Å². The van der Waals surface area contributed by atoms with Gasteiger partial charge in [0, 0.05) is 13.2 Å². The van der Waals surface area contributed by atoms with E-state index in [0.717, 1.165) is 32.4 Å². The van der Waals surface area contributed by atoms with Gasteiger partial charge < -0.3 is 15.2 Å². The van der Waals surface area contributed by atoms with Crippen LogP contribution in [0.4, 0.5) is 0 Å². The molecule has 1 rings (SSSR count). The van der Waals surface area contributed by atoms with Gasteiger partial charge in [0.1, 0.15) is 6.10 Å². The molecule has 1 aliphatic rings. The van der Waals surface area contributed by atoms with E-state index in [1.165, 1.54) is 12.8 Å². The lowest BCUT2D eigenvalue weighted by Gasteiger charge is -2.22. The molecule has 3 heteroatoms. The average molecular weight is 227 g/mol. The molecule has 94 valence electrons. The summed E-state index contributed by atoms with van der Waals surface area (Å²) in [6.07, 6.45) is 9.75. The first-order chi connectivity index (χ1) is 7.86. The summed E-state index contributed by atoms with van der Waals surface area (Å²) >= 11 is 0. The van der Waals surface area contributed by atoms with Crippen molar-refractivity contribution in [1.82, 2.24) is 5.32 Å². The van der Waals surface area contributed by atoms with Gasteiger partial charge in [-0.25, -0.2) is 0 Å². The maximum Gasteiger partial charge on any atom is 0.110 e. The van der Waals surface area contributed by atoms with Gasteiger partial charge in [-0.05, 0) is 44.2 Å². The summed E-state index contributed by atoms with van der Waals surface area (Å²) in [5.41, 5.74) is 0. The third-order valence-corrected chi connectivity index (χ3v) is 3.06. The fourth-order valence-corrected chi connectivity index (χ4v) is 2.12. The fourth-order valence-electron chi connectivity index (χ4n) is 2.12. The molecule has 0 aliphatic carbocycles. The van der Waals surface area contributed by atoms with E-state index in [-0.39, 0.29) is 0 Å². The molecular weight excluding hydrogens is 202 g/mol. The molecule has 2 atom stereocenters. The Hall–Kier alpha value is -0.540. The first-order valence-corrected chi connectivity index (χ1v) is 6.48. The zero-order chi connectivity index (χ0) is 11.6. The van der Waals surface area contributed by atoms with Crippen LogP contribution in [0.2, 0.25) is 0 Å². The number of allylic oxidation sites excluding steroid dienone is 1. The SMILES string of the molecule is CCCC(CCO)CNCC1CCC=CO1. The topological polar surface area (TPSA) is 41.5 Å². The van der Waals surface area contributed by atoms with Gasteiger partial charge in [0.15, 0.2) is 0 Å². The van der Waals surface area contributed by atoms with Crippen LogP contribution >= 0.6 is 0 Å². The number of hydrogen-bond acceptors (Lipinski definition) is 3. The molecule has 16 heavy (non-hydrogen) atoms. The summed E-state index contributed by atoms with van der Waals surface area (Å²) in [6, 6.07) is 0. The van der Waals surface area contributed by atoms with Crippen molar-refractivity contribution >= 4 is 0 Å². The van der Waals surface area contributed by atoms with Crippen molar-refractivity contribution in [2.45, 2.75) is 45.1 Å². The molecule has 0 spiro atoms. The quantitative estimate of drug-likeness (QED) is 0.667. The molecule has 0 bridgehead atoms. The molecule has 0 aromatic heterocycles. The third-order valence-electron chi connectivity index (χ3n) is 3.06. The van der Waals surface area contributed by atoms with Crippen molar-refractivity contribution in [3.05, 3.63) is 12.3 Å². The molecule has 0 fully saturated rings. The van der Waals surface area contributed by atoms with Gasteiger partial charge in [0.05, 0.1) is 6.26 Å². The van der Waals surface area contributed by atoms with Crippen molar-refractivity contribution in [3.63, 3.8) is 0 Å². The molecule has 0 saturated carbocycles. The maximum absolute atomic E-state index is 8.95. The number of nitrogens with one attached hydrogen (secondary N) is 1. The molecular formula is C13H25NO2. The van der Waals surface area contributed by atoms with Crippen LogP contribution in [0.15, 0.2) is 12.3 Å². The Morgan fingerprint density at radius 2 is 2.38 bits per heavy atom. The van der Waals surface area contributed by atoms with Crippen molar-refractivity contribution < 1.29 is 9.84 Å². The van der Waals surface area contributed by atoms with Gasteiger partial charge in [0.25, 0.3) is 0 Å². The monoisotopic (exact) mass is 227 g/mol. The highest BCUT2D eigenvalue weighted by Gasteiger charge is 2.12. The molecule has 1 aliphatic heterocycles. The molecule has 1 heterocycles. The van der Waals surface area contributed by atoms with E-state index < -0.39 is 0 Å². The Balaban J connectivity index is 2.09. The highest BCUT2D eigenvalue weighted by atomic mass is 16.5. The first kappa shape index (κ1) is 13.5. The molecule has 0 saturated heterocycles. The lowest BCUT2D eigenvalue weighted by Crippen LogP contribution is -2.32. The van der Waals surface area contributed by atoms with Crippen LogP contribution < -0.4 is 5.32 Å². The number of ether oxygens (including phenoxy) is 1. The summed E-state index contributed by atoms with van der Waals surface area (Å²) in [6.45, 7) is 4.42. The second kappa shape index (κ2) is 8.59. The lowest BCUT2D eigenvalue weighted by atomic mass is 10.00. The van der Waals surface area contributed by atoms with Crippen LogP contribution in [0.3, 0.4) is 0 Å². The summed E-state index contributed by atoms with van der Waals surface area (Å²) in [5.74, 6) is 0.606. The smallest absolute Gasteiger partial charge is 0.110 e.